The van der Waals surface area contributed by atoms with Gasteiger partial charge in [-0.1, -0.05) is 48.5 Å². The van der Waals surface area contributed by atoms with E-state index in [1.54, 1.807) is 4.31 Å². The van der Waals surface area contributed by atoms with Gasteiger partial charge in [0.1, 0.15) is 0 Å². The second-order valence-corrected chi connectivity index (χ2v) is 11.1. The van der Waals surface area contributed by atoms with Crippen LogP contribution in [0.4, 0.5) is 5.69 Å². The quantitative estimate of drug-likeness (QED) is 0.381. The molecule has 1 saturated heterocycles. The zero-order chi connectivity index (χ0) is 24.1. The number of sulfonamides is 1. The van der Waals surface area contributed by atoms with E-state index in [1.165, 1.54) is 11.9 Å². The average molecular weight is 517 g/mol. The van der Waals surface area contributed by atoms with Crippen LogP contribution >= 0.6 is 12.4 Å². The number of likely N-dealkylation sites (tertiary alicyclic amines) is 1. The summed E-state index contributed by atoms with van der Waals surface area (Å²) in [5, 5.41) is 4.63. The van der Waals surface area contributed by atoms with E-state index in [0.717, 1.165) is 56.7 Å². The summed E-state index contributed by atoms with van der Waals surface area (Å²) in [6.07, 6.45) is 4.26. The van der Waals surface area contributed by atoms with E-state index in [2.05, 4.69) is 34.6 Å². The van der Waals surface area contributed by atoms with Gasteiger partial charge in [-0.3, -0.25) is 8.99 Å². The minimum absolute atomic E-state index is 0. The third kappa shape index (κ3) is 6.66. The van der Waals surface area contributed by atoms with Crippen molar-refractivity contribution in [1.29, 1.82) is 0 Å². The van der Waals surface area contributed by atoms with Crippen LogP contribution < -0.4 is 4.31 Å². The van der Waals surface area contributed by atoms with Gasteiger partial charge in [-0.05, 0) is 70.0 Å². The number of hydrogen-bond acceptors (Lipinski definition) is 4. The van der Waals surface area contributed by atoms with Gasteiger partial charge in [0.2, 0.25) is 10.0 Å². The summed E-state index contributed by atoms with van der Waals surface area (Å²) >= 11 is 0. The summed E-state index contributed by atoms with van der Waals surface area (Å²) < 4.78 is 29.7. The maximum absolute atomic E-state index is 13.0. The molecule has 4 rings (SSSR count). The van der Waals surface area contributed by atoms with Gasteiger partial charge < -0.3 is 4.90 Å². The van der Waals surface area contributed by atoms with Crippen molar-refractivity contribution >= 4 is 28.1 Å². The summed E-state index contributed by atoms with van der Waals surface area (Å²) in [5.41, 5.74) is 4.18. The highest BCUT2D eigenvalue weighted by atomic mass is 35.5. The van der Waals surface area contributed by atoms with Crippen LogP contribution in [0.3, 0.4) is 0 Å². The topological polar surface area (TPSA) is 58.4 Å². The maximum Gasteiger partial charge on any atom is 0.232 e. The van der Waals surface area contributed by atoms with E-state index in [9.17, 15) is 8.42 Å². The Kier molecular flexibility index (Phi) is 9.39. The van der Waals surface area contributed by atoms with Gasteiger partial charge in [0.25, 0.3) is 0 Å². The largest absolute Gasteiger partial charge is 0.303 e. The van der Waals surface area contributed by atoms with Crippen LogP contribution in [0.25, 0.3) is 0 Å². The molecule has 6 nitrogen and oxygen atoms in total. The Bertz CT molecular complexity index is 1160. The standard InChI is InChI=1S/C27H36N4O2S.ClH/c1-4-30-27(21-22(2)28-30)24-15-18-29(19-16-24)20-17-26(23-11-7-5-8-12-23)31(34(3,32)33)25-13-9-6-10-14-25;/h5-14,21,24,26H,4,15-20H2,1-3H3;1H. The van der Waals surface area contributed by atoms with Gasteiger partial charge in [0.15, 0.2) is 0 Å². The predicted molar refractivity (Wildman–Crippen MR) is 146 cm³/mol. The number of nitrogens with zero attached hydrogens (tertiary/aromatic N) is 4. The molecule has 1 aliphatic rings. The van der Waals surface area contributed by atoms with Crippen molar-refractivity contribution in [1.82, 2.24) is 14.7 Å². The van der Waals surface area contributed by atoms with Crippen molar-refractivity contribution < 1.29 is 8.42 Å². The van der Waals surface area contributed by atoms with E-state index in [4.69, 9.17) is 0 Å². The molecule has 8 heteroatoms. The van der Waals surface area contributed by atoms with E-state index in [-0.39, 0.29) is 18.4 Å². The first-order valence-electron chi connectivity index (χ1n) is 12.2. The first kappa shape index (κ1) is 27.2. The molecule has 1 fully saturated rings. The molecule has 1 unspecified atom stereocenters. The summed E-state index contributed by atoms with van der Waals surface area (Å²) in [4.78, 5) is 2.48. The number of rotatable bonds is 9. The van der Waals surface area contributed by atoms with Gasteiger partial charge >= 0.3 is 0 Å². The van der Waals surface area contributed by atoms with E-state index in [0.29, 0.717) is 11.6 Å². The average Bonchev–Trinajstić information content (AvgIpc) is 3.23. The summed E-state index contributed by atoms with van der Waals surface area (Å²) in [5.74, 6) is 0.541. The molecule has 1 aromatic heterocycles. The Labute approximate surface area is 216 Å². The van der Waals surface area contributed by atoms with Crippen LogP contribution in [0.1, 0.15) is 55.1 Å². The number of halogens is 1. The number of aromatic nitrogens is 2. The van der Waals surface area contributed by atoms with Crippen LogP contribution in [0, 0.1) is 6.92 Å². The normalized spacial score (nSPS) is 16.0. The molecule has 35 heavy (non-hydrogen) atoms. The third-order valence-electron chi connectivity index (χ3n) is 6.79. The predicted octanol–water partition coefficient (Wildman–Crippen LogP) is 5.41. The number of benzene rings is 2. The van der Waals surface area contributed by atoms with Crippen molar-refractivity contribution in [3.8, 4) is 0 Å². The molecule has 0 amide bonds. The number of para-hydroxylation sites is 1. The highest BCUT2D eigenvalue weighted by Gasteiger charge is 2.30. The number of hydrogen-bond donors (Lipinski definition) is 0. The molecule has 0 saturated carbocycles. The monoisotopic (exact) mass is 516 g/mol. The lowest BCUT2D eigenvalue weighted by molar-refractivity contribution is 0.202. The minimum Gasteiger partial charge on any atom is -0.303 e. The molecule has 0 radical (unpaired) electrons. The van der Waals surface area contributed by atoms with Crippen LogP contribution in [0.5, 0.6) is 0 Å². The Morgan fingerprint density at radius 1 is 1.03 bits per heavy atom. The molecule has 0 spiro atoms. The Morgan fingerprint density at radius 2 is 1.63 bits per heavy atom. The van der Waals surface area contributed by atoms with E-state index < -0.39 is 10.0 Å². The van der Waals surface area contributed by atoms with Crippen molar-refractivity contribution in [2.24, 2.45) is 0 Å². The van der Waals surface area contributed by atoms with Gasteiger partial charge in [-0.25, -0.2) is 8.42 Å². The van der Waals surface area contributed by atoms with Crippen molar-refractivity contribution in [2.45, 2.75) is 51.6 Å². The SMILES string of the molecule is CCn1nc(C)cc1C1CCN(CCC(c2ccccc2)N(c2ccccc2)S(C)(=O)=O)CC1.Cl. The summed E-state index contributed by atoms with van der Waals surface area (Å²) in [6, 6.07) is 21.4. The van der Waals surface area contributed by atoms with Crippen molar-refractivity contribution in [3.63, 3.8) is 0 Å². The lowest BCUT2D eigenvalue weighted by Crippen LogP contribution is -2.39. The molecule has 190 valence electrons. The number of aryl methyl sites for hydroxylation is 2. The molecule has 1 atom stereocenters. The first-order valence-corrected chi connectivity index (χ1v) is 14.1. The zero-order valence-corrected chi connectivity index (χ0v) is 22.5. The van der Waals surface area contributed by atoms with Crippen LogP contribution in [-0.2, 0) is 16.6 Å². The smallest absolute Gasteiger partial charge is 0.232 e. The fraction of sp³-hybridized carbons (Fsp3) is 0.444. The maximum atomic E-state index is 13.0. The van der Waals surface area contributed by atoms with E-state index >= 15 is 0 Å². The van der Waals surface area contributed by atoms with Gasteiger partial charge in [0.05, 0.1) is 23.7 Å². The van der Waals surface area contributed by atoms with Gasteiger partial charge in [-0.15, -0.1) is 12.4 Å². The first-order chi connectivity index (χ1) is 16.4. The molecule has 2 heterocycles. The third-order valence-corrected chi connectivity index (χ3v) is 7.97. The molecule has 0 bridgehead atoms. The van der Waals surface area contributed by atoms with Crippen LogP contribution in [-0.4, -0.2) is 49.0 Å². The Morgan fingerprint density at radius 3 is 2.20 bits per heavy atom. The second kappa shape index (κ2) is 12.1. The molecule has 0 N–H and O–H groups in total. The van der Waals surface area contributed by atoms with Gasteiger partial charge in [0, 0.05) is 24.7 Å². The molecule has 0 aliphatic carbocycles. The zero-order valence-electron chi connectivity index (χ0n) is 20.9. The van der Waals surface area contributed by atoms with E-state index in [1.807, 2.05) is 60.7 Å². The Balaban J connectivity index is 0.00000342. The molecular formula is C27H37ClN4O2S. The molecule has 2 aromatic carbocycles. The summed E-state index contributed by atoms with van der Waals surface area (Å²) in [6.45, 7) is 8.01. The second-order valence-electron chi connectivity index (χ2n) is 9.25. The lowest BCUT2D eigenvalue weighted by atomic mass is 9.92. The fourth-order valence-corrected chi connectivity index (χ4v) is 6.37. The number of anilines is 1. The fourth-order valence-electron chi connectivity index (χ4n) is 5.18. The molecule has 3 aromatic rings. The van der Waals surface area contributed by atoms with Crippen LogP contribution in [0.15, 0.2) is 66.7 Å². The summed E-state index contributed by atoms with van der Waals surface area (Å²) in [7, 11) is -3.46. The highest BCUT2D eigenvalue weighted by Crippen LogP contribution is 2.34. The lowest BCUT2D eigenvalue weighted by Gasteiger charge is -2.36. The van der Waals surface area contributed by atoms with Crippen molar-refractivity contribution in [2.75, 3.05) is 30.2 Å². The number of piperidine rings is 1. The molecular weight excluding hydrogens is 480 g/mol. The minimum atomic E-state index is -3.46. The molecule has 1 aliphatic heterocycles. The highest BCUT2D eigenvalue weighted by molar-refractivity contribution is 7.92. The van der Waals surface area contributed by atoms with Gasteiger partial charge in [-0.2, -0.15) is 5.10 Å². The van der Waals surface area contributed by atoms with Crippen LogP contribution in [0.2, 0.25) is 0 Å². The Hall–Kier alpha value is -2.35. The van der Waals surface area contributed by atoms with Crippen molar-refractivity contribution in [3.05, 3.63) is 83.7 Å².